The van der Waals surface area contributed by atoms with E-state index in [1.807, 2.05) is 12.1 Å². The lowest BCUT2D eigenvalue weighted by atomic mass is 10.0. The van der Waals surface area contributed by atoms with Crippen molar-refractivity contribution in [3.63, 3.8) is 0 Å². The summed E-state index contributed by atoms with van der Waals surface area (Å²) in [5.74, 6) is 0. The Hall–Kier alpha value is -0.130. The van der Waals surface area contributed by atoms with Crippen LogP contribution in [0.1, 0.15) is 24.9 Å². The maximum atomic E-state index is 6.35. The second kappa shape index (κ2) is 7.04. The Bertz CT molecular complexity index is 430. The van der Waals surface area contributed by atoms with E-state index in [4.69, 9.17) is 22.1 Å². The predicted octanol–water partition coefficient (Wildman–Crippen LogP) is 3.21. The molecule has 0 bridgehead atoms. The maximum Gasteiger partial charge on any atom is 0.0622 e. The number of benzene rings is 1. The van der Waals surface area contributed by atoms with Crippen LogP contribution in [0.4, 0.5) is 0 Å². The first-order valence-electron chi connectivity index (χ1n) is 6.65. The summed E-state index contributed by atoms with van der Waals surface area (Å²) in [5, 5.41) is 0.778. The van der Waals surface area contributed by atoms with Crippen molar-refractivity contribution in [1.82, 2.24) is 4.90 Å². The highest BCUT2D eigenvalue weighted by atomic mass is 79.9. The zero-order valence-electron chi connectivity index (χ0n) is 11.1. The smallest absolute Gasteiger partial charge is 0.0622 e. The number of halogens is 2. The zero-order chi connectivity index (χ0) is 13.8. The van der Waals surface area contributed by atoms with Gasteiger partial charge in [0.1, 0.15) is 0 Å². The number of hydrogen-bond donors (Lipinski definition) is 1. The number of hydrogen-bond acceptors (Lipinski definition) is 3. The first-order chi connectivity index (χ1) is 9.17. The third kappa shape index (κ3) is 3.50. The fraction of sp³-hybridized carbons (Fsp3) is 0.571. The second-order valence-corrected chi connectivity index (χ2v) is 6.12. The Labute approximate surface area is 128 Å². The summed E-state index contributed by atoms with van der Waals surface area (Å²) in [6.07, 6.45) is 1.06. The number of rotatable bonds is 4. The third-order valence-corrected chi connectivity index (χ3v) is 4.52. The molecule has 1 aromatic rings. The molecule has 1 aromatic carbocycles. The summed E-state index contributed by atoms with van der Waals surface area (Å²) in [4.78, 5) is 2.43. The first-order valence-corrected chi connectivity index (χ1v) is 7.83. The van der Waals surface area contributed by atoms with Gasteiger partial charge in [0.05, 0.1) is 13.2 Å². The molecule has 0 amide bonds. The van der Waals surface area contributed by atoms with E-state index in [0.29, 0.717) is 12.6 Å². The molecule has 3 nitrogen and oxygen atoms in total. The fourth-order valence-corrected chi connectivity index (χ4v) is 3.26. The summed E-state index contributed by atoms with van der Waals surface area (Å²) in [6, 6.07) is 6.51. The van der Waals surface area contributed by atoms with E-state index >= 15 is 0 Å². The molecule has 5 heteroatoms. The van der Waals surface area contributed by atoms with Gasteiger partial charge in [-0.05, 0) is 30.2 Å². The average molecular weight is 348 g/mol. The van der Waals surface area contributed by atoms with Crippen molar-refractivity contribution in [1.29, 1.82) is 0 Å². The molecule has 1 heterocycles. The van der Waals surface area contributed by atoms with Gasteiger partial charge in [0.25, 0.3) is 0 Å². The number of nitrogens with zero attached hydrogens (tertiary/aromatic N) is 1. The lowest BCUT2D eigenvalue weighted by Crippen LogP contribution is -2.48. The van der Waals surface area contributed by atoms with E-state index in [0.717, 1.165) is 41.2 Å². The SMILES string of the molecule is CCC1COCCN1C(CN)c1cc(Br)ccc1Cl. The summed E-state index contributed by atoms with van der Waals surface area (Å²) in [5.41, 5.74) is 7.11. The van der Waals surface area contributed by atoms with Gasteiger partial charge in [-0.15, -0.1) is 0 Å². The molecule has 1 aliphatic rings. The van der Waals surface area contributed by atoms with Gasteiger partial charge in [0.2, 0.25) is 0 Å². The van der Waals surface area contributed by atoms with Gasteiger partial charge < -0.3 is 10.5 Å². The summed E-state index contributed by atoms with van der Waals surface area (Å²) < 4.78 is 6.60. The molecule has 19 heavy (non-hydrogen) atoms. The van der Waals surface area contributed by atoms with Gasteiger partial charge >= 0.3 is 0 Å². The quantitative estimate of drug-likeness (QED) is 0.909. The Balaban J connectivity index is 2.29. The van der Waals surface area contributed by atoms with Gasteiger partial charge in [-0.1, -0.05) is 34.5 Å². The van der Waals surface area contributed by atoms with Crippen LogP contribution in [-0.2, 0) is 4.74 Å². The van der Waals surface area contributed by atoms with E-state index in [1.54, 1.807) is 0 Å². The second-order valence-electron chi connectivity index (χ2n) is 4.79. The minimum atomic E-state index is 0.152. The molecule has 1 saturated heterocycles. The fourth-order valence-electron chi connectivity index (χ4n) is 2.64. The molecule has 1 fully saturated rings. The topological polar surface area (TPSA) is 38.5 Å². The van der Waals surface area contributed by atoms with Gasteiger partial charge in [-0.2, -0.15) is 0 Å². The van der Waals surface area contributed by atoms with Crippen LogP contribution in [0, 0.1) is 0 Å². The molecule has 0 radical (unpaired) electrons. The summed E-state index contributed by atoms with van der Waals surface area (Å²) in [6.45, 7) is 5.19. The van der Waals surface area contributed by atoms with Crippen LogP contribution in [0.3, 0.4) is 0 Å². The Morgan fingerprint density at radius 2 is 2.37 bits per heavy atom. The van der Waals surface area contributed by atoms with E-state index in [9.17, 15) is 0 Å². The summed E-state index contributed by atoms with van der Waals surface area (Å²) in [7, 11) is 0. The van der Waals surface area contributed by atoms with E-state index in [-0.39, 0.29) is 6.04 Å². The molecule has 0 aliphatic carbocycles. The molecule has 1 aliphatic heterocycles. The molecule has 106 valence electrons. The largest absolute Gasteiger partial charge is 0.378 e. The monoisotopic (exact) mass is 346 g/mol. The number of morpholine rings is 1. The van der Waals surface area contributed by atoms with Crippen molar-refractivity contribution in [2.45, 2.75) is 25.4 Å². The average Bonchev–Trinajstić information content (AvgIpc) is 2.44. The zero-order valence-corrected chi connectivity index (χ0v) is 13.5. The third-order valence-electron chi connectivity index (χ3n) is 3.68. The first kappa shape index (κ1) is 15.3. The van der Waals surface area contributed by atoms with Crippen LogP contribution in [0.2, 0.25) is 5.02 Å². The molecule has 2 atom stereocenters. The van der Waals surface area contributed by atoms with E-state index < -0.39 is 0 Å². The van der Waals surface area contributed by atoms with Crippen molar-refractivity contribution in [3.05, 3.63) is 33.3 Å². The lowest BCUT2D eigenvalue weighted by Gasteiger charge is -2.40. The molecule has 0 spiro atoms. The van der Waals surface area contributed by atoms with Gasteiger partial charge in [-0.3, -0.25) is 4.90 Å². The van der Waals surface area contributed by atoms with Crippen LogP contribution in [0.15, 0.2) is 22.7 Å². The molecular weight excluding hydrogens is 328 g/mol. The van der Waals surface area contributed by atoms with Crippen LogP contribution < -0.4 is 5.73 Å². The normalized spacial score (nSPS) is 22.4. The highest BCUT2D eigenvalue weighted by Gasteiger charge is 2.29. The lowest BCUT2D eigenvalue weighted by molar-refractivity contribution is -0.0291. The Morgan fingerprint density at radius 1 is 1.58 bits per heavy atom. The molecule has 2 N–H and O–H groups in total. The van der Waals surface area contributed by atoms with Crippen molar-refractivity contribution in [2.75, 3.05) is 26.3 Å². The summed E-state index contributed by atoms with van der Waals surface area (Å²) >= 11 is 9.85. The Kier molecular flexibility index (Phi) is 5.66. The number of ether oxygens (including phenoxy) is 1. The predicted molar refractivity (Wildman–Crippen MR) is 82.6 cm³/mol. The molecule has 2 unspecified atom stereocenters. The molecule has 0 saturated carbocycles. The van der Waals surface area contributed by atoms with Crippen molar-refractivity contribution in [3.8, 4) is 0 Å². The minimum absolute atomic E-state index is 0.152. The molecule has 2 rings (SSSR count). The maximum absolute atomic E-state index is 6.35. The standard InChI is InChI=1S/C14H20BrClN2O/c1-2-11-9-19-6-5-18(11)14(8-17)12-7-10(15)3-4-13(12)16/h3-4,7,11,14H,2,5-6,8-9,17H2,1H3. The van der Waals surface area contributed by atoms with Crippen molar-refractivity contribution < 1.29 is 4.74 Å². The van der Waals surface area contributed by atoms with Gasteiger partial charge in [-0.25, -0.2) is 0 Å². The molecule has 0 aromatic heterocycles. The van der Waals surface area contributed by atoms with Gasteiger partial charge in [0, 0.05) is 34.7 Å². The van der Waals surface area contributed by atoms with Crippen molar-refractivity contribution >= 4 is 27.5 Å². The number of nitrogens with two attached hydrogens (primary N) is 1. The van der Waals surface area contributed by atoms with Crippen LogP contribution in [-0.4, -0.2) is 37.2 Å². The highest BCUT2D eigenvalue weighted by Crippen LogP contribution is 2.32. The molecular formula is C14H20BrClN2O. The van der Waals surface area contributed by atoms with Crippen LogP contribution in [0.25, 0.3) is 0 Å². The van der Waals surface area contributed by atoms with Crippen molar-refractivity contribution in [2.24, 2.45) is 5.73 Å². The van der Waals surface area contributed by atoms with Gasteiger partial charge in [0.15, 0.2) is 0 Å². The van der Waals surface area contributed by atoms with Crippen LogP contribution in [0.5, 0.6) is 0 Å². The van der Waals surface area contributed by atoms with Crippen LogP contribution >= 0.6 is 27.5 Å². The van der Waals surface area contributed by atoms with E-state index in [1.165, 1.54) is 0 Å². The Morgan fingerprint density at radius 3 is 3.05 bits per heavy atom. The highest BCUT2D eigenvalue weighted by molar-refractivity contribution is 9.10. The van der Waals surface area contributed by atoms with E-state index in [2.05, 4.69) is 33.8 Å². The minimum Gasteiger partial charge on any atom is -0.378 e.